The van der Waals surface area contributed by atoms with E-state index in [0.717, 1.165) is 28.7 Å². The summed E-state index contributed by atoms with van der Waals surface area (Å²) < 4.78 is 14.8. The minimum absolute atomic E-state index is 0.631. The Balaban J connectivity index is 1.66. The number of pyridine rings is 2. The van der Waals surface area contributed by atoms with Gasteiger partial charge in [-0.3, -0.25) is 0 Å². The van der Waals surface area contributed by atoms with Gasteiger partial charge in [0.15, 0.2) is 17.5 Å². The predicted octanol–water partition coefficient (Wildman–Crippen LogP) is 4.44. The van der Waals surface area contributed by atoms with Gasteiger partial charge in [-0.1, -0.05) is 4.57 Å². The monoisotopic (exact) mass is 418 g/mol. The molecular formula is C25H14N4OS+2. The molecule has 0 bridgehead atoms. The molecule has 6 aromatic rings. The van der Waals surface area contributed by atoms with Gasteiger partial charge in [0.1, 0.15) is 5.69 Å². The zero-order chi connectivity index (χ0) is 20.1. The molecule has 1 unspecified atom stereocenters. The van der Waals surface area contributed by atoms with Gasteiger partial charge in [-0.2, -0.15) is 5.10 Å². The number of thiophene rings is 1. The molecule has 0 saturated carbocycles. The quantitative estimate of drug-likeness (QED) is 0.270. The van der Waals surface area contributed by atoms with Crippen LogP contribution in [0.1, 0.15) is 11.3 Å². The van der Waals surface area contributed by atoms with Crippen LogP contribution in [0.25, 0.3) is 43.1 Å². The van der Waals surface area contributed by atoms with Crippen LogP contribution in [0, 0.1) is 6.92 Å². The Bertz CT molecular complexity index is 1850. The standard InChI is InChI=1S/C25H14N4OS/c1-13-12-18-17-5-2-6-20-28(17)25(29(18)26-13)22-19(30-20)8-7-16-21(22)23-14(4-3-10-27(23)25)15-9-11-31-24(15)16/h2-12H,1H3/q+2. The van der Waals surface area contributed by atoms with E-state index in [0.29, 0.717) is 0 Å². The van der Waals surface area contributed by atoms with E-state index >= 15 is 0 Å². The topological polar surface area (TPSA) is 34.8 Å². The van der Waals surface area contributed by atoms with Crippen LogP contribution in [0.2, 0.25) is 0 Å². The van der Waals surface area contributed by atoms with Crippen LogP contribution in [0.15, 0.2) is 66.2 Å². The Morgan fingerprint density at radius 2 is 2.00 bits per heavy atom. The van der Waals surface area contributed by atoms with Crippen LogP contribution < -0.4 is 13.9 Å². The van der Waals surface area contributed by atoms with Crippen molar-refractivity contribution in [1.82, 2.24) is 9.78 Å². The molecule has 3 aliphatic rings. The summed E-state index contributed by atoms with van der Waals surface area (Å²) in [5.41, 5.74) is 5.70. The van der Waals surface area contributed by atoms with Gasteiger partial charge in [0.25, 0.3) is 0 Å². The molecule has 4 aromatic heterocycles. The summed E-state index contributed by atoms with van der Waals surface area (Å²) in [7, 11) is 0. The van der Waals surface area contributed by atoms with Crippen molar-refractivity contribution in [3.05, 3.63) is 77.4 Å². The van der Waals surface area contributed by atoms with Gasteiger partial charge < -0.3 is 4.74 Å². The molecule has 9 rings (SSSR count). The molecule has 0 saturated heterocycles. The van der Waals surface area contributed by atoms with Crippen molar-refractivity contribution < 1.29 is 13.9 Å². The van der Waals surface area contributed by atoms with Gasteiger partial charge in [-0.15, -0.1) is 20.6 Å². The van der Waals surface area contributed by atoms with Crippen LogP contribution in [-0.4, -0.2) is 9.78 Å². The predicted molar refractivity (Wildman–Crippen MR) is 118 cm³/mol. The molecule has 1 spiro atoms. The summed E-state index contributed by atoms with van der Waals surface area (Å²) in [5.74, 6) is 1.12. The van der Waals surface area contributed by atoms with E-state index in [-0.39, 0.29) is 0 Å². The van der Waals surface area contributed by atoms with Crippen molar-refractivity contribution in [3.63, 3.8) is 0 Å². The number of hydrogen-bond donors (Lipinski definition) is 0. The van der Waals surface area contributed by atoms with Gasteiger partial charge in [-0.05, 0) is 48.7 Å². The van der Waals surface area contributed by atoms with Crippen molar-refractivity contribution in [3.8, 4) is 23.0 Å². The Morgan fingerprint density at radius 1 is 1.03 bits per heavy atom. The number of hydrogen-bond acceptors (Lipinski definition) is 3. The molecule has 5 nitrogen and oxygen atoms in total. The van der Waals surface area contributed by atoms with E-state index in [1.165, 1.54) is 37.3 Å². The number of aryl methyl sites for hydroxylation is 1. The summed E-state index contributed by atoms with van der Waals surface area (Å²) >= 11 is 1.81. The summed E-state index contributed by atoms with van der Waals surface area (Å²) in [6.45, 7) is 2.07. The van der Waals surface area contributed by atoms with Crippen molar-refractivity contribution >= 4 is 43.1 Å². The van der Waals surface area contributed by atoms with Crippen LogP contribution in [0.5, 0.6) is 11.6 Å². The Hall–Kier alpha value is -3.77. The first-order valence-electron chi connectivity index (χ1n) is 10.4. The molecule has 0 amide bonds. The zero-order valence-electron chi connectivity index (χ0n) is 16.5. The van der Waals surface area contributed by atoms with Crippen LogP contribution in [0.3, 0.4) is 0 Å². The molecule has 0 fully saturated rings. The third kappa shape index (κ3) is 1.34. The number of aromatic nitrogens is 4. The van der Waals surface area contributed by atoms with Crippen LogP contribution in [-0.2, 0) is 5.79 Å². The van der Waals surface area contributed by atoms with Gasteiger partial charge in [-0.25, -0.2) is 0 Å². The average Bonchev–Trinajstić information content (AvgIpc) is 3.53. The lowest BCUT2D eigenvalue weighted by molar-refractivity contribution is -0.969. The van der Waals surface area contributed by atoms with E-state index in [9.17, 15) is 0 Å². The first kappa shape index (κ1) is 15.1. The molecule has 31 heavy (non-hydrogen) atoms. The Labute approximate surface area is 180 Å². The van der Waals surface area contributed by atoms with Crippen molar-refractivity contribution in [2.24, 2.45) is 0 Å². The fourth-order valence-corrected chi connectivity index (χ4v) is 7.12. The van der Waals surface area contributed by atoms with Crippen LogP contribution >= 0.6 is 11.3 Å². The van der Waals surface area contributed by atoms with Gasteiger partial charge in [0.05, 0.1) is 22.5 Å². The summed E-state index contributed by atoms with van der Waals surface area (Å²) in [6, 6.07) is 19.5. The second-order valence-electron chi connectivity index (χ2n) is 8.57. The van der Waals surface area contributed by atoms with Crippen molar-refractivity contribution in [2.75, 3.05) is 0 Å². The molecule has 0 radical (unpaired) electrons. The molecule has 144 valence electrons. The van der Waals surface area contributed by atoms with Crippen LogP contribution in [0.4, 0.5) is 0 Å². The average molecular weight is 418 g/mol. The Kier molecular flexibility index (Phi) is 2.17. The summed E-state index contributed by atoms with van der Waals surface area (Å²) in [4.78, 5) is 0. The maximum atomic E-state index is 6.52. The largest absolute Gasteiger partial charge is 0.504 e. The maximum absolute atomic E-state index is 6.52. The lowest BCUT2D eigenvalue weighted by Gasteiger charge is -2.23. The molecule has 6 heteroatoms. The first-order chi connectivity index (χ1) is 15.3. The van der Waals surface area contributed by atoms with E-state index in [1.54, 1.807) is 0 Å². The second-order valence-corrected chi connectivity index (χ2v) is 9.49. The summed E-state index contributed by atoms with van der Waals surface area (Å²) in [5, 5.41) is 12.4. The van der Waals surface area contributed by atoms with Crippen molar-refractivity contribution in [1.29, 1.82) is 0 Å². The van der Waals surface area contributed by atoms with Gasteiger partial charge in [0, 0.05) is 27.6 Å². The minimum Gasteiger partial charge on any atom is -0.404 e. The number of benzene rings is 2. The normalized spacial score (nSPS) is 18.9. The lowest BCUT2D eigenvalue weighted by Crippen LogP contribution is -2.75. The highest BCUT2D eigenvalue weighted by Gasteiger charge is 2.71. The third-order valence-corrected chi connectivity index (χ3v) is 8.09. The molecule has 3 aliphatic heterocycles. The first-order valence-corrected chi connectivity index (χ1v) is 11.3. The van der Waals surface area contributed by atoms with Gasteiger partial charge >= 0.3 is 11.7 Å². The highest BCUT2D eigenvalue weighted by Crippen LogP contribution is 2.52. The number of ether oxygens (including phenoxy) is 1. The number of fused-ring (bicyclic) bond motifs is 5. The molecule has 1 atom stereocenters. The molecule has 2 aromatic carbocycles. The fraction of sp³-hybridized carbons (Fsp3) is 0.0800. The highest BCUT2D eigenvalue weighted by molar-refractivity contribution is 7.18. The zero-order valence-corrected chi connectivity index (χ0v) is 17.3. The smallest absolute Gasteiger partial charge is 0.404 e. The van der Waals surface area contributed by atoms with E-state index < -0.39 is 5.79 Å². The maximum Gasteiger partial charge on any atom is 0.504 e. The van der Waals surface area contributed by atoms with Gasteiger partial charge in [0.2, 0.25) is 11.2 Å². The minimum atomic E-state index is -0.631. The van der Waals surface area contributed by atoms with E-state index in [4.69, 9.17) is 9.84 Å². The molecule has 7 heterocycles. The number of rotatable bonds is 0. The summed E-state index contributed by atoms with van der Waals surface area (Å²) in [6.07, 6.45) is 2.20. The fourth-order valence-electron chi connectivity index (χ4n) is 6.17. The molecule has 0 aliphatic carbocycles. The van der Waals surface area contributed by atoms with E-state index in [1.807, 2.05) is 11.3 Å². The van der Waals surface area contributed by atoms with Crippen molar-refractivity contribution in [2.45, 2.75) is 12.7 Å². The second kappa shape index (κ2) is 4.45. The number of nitrogens with zero attached hydrogens (tertiary/aromatic N) is 4. The molecule has 0 N–H and O–H groups in total. The highest BCUT2D eigenvalue weighted by atomic mass is 32.1. The molecular weight excluding hydrogens is 404 g/mol. The lowest BCUT2D eigenvalue weighted by atomic mass is 9.97. The Morgan fingerprint density at radius 3 is 2.97 bits per heavy atom. The third-order valence-electron chi connectivity index (χ3n) is 7.14. The SMILES string of the molecule is Cc1cc2n(n1)C13c4c(ccc5c6sccc6c6ccc[n+]1c6c45)Oc1cccc-2[n+]13. The van der Waals surface area contributed by atoms with E-state index in [2.05, 4.69) is 86.9 Å².